The van der Waals surface area contributed by atoms with Gasteiger partial charge in [0.05, 0.1) is 12.7 Å². The lowest BCUT2D eigenvalue weighted by Gasteiger charge is -2.14. The zero-order valence-corrected chi connectivity index (χ0v) is 13.2. The van der Waals surface area contributed by atoms with Crippen LogP contribution < -0.4 is 5.32 Å². The van der Waals surface area contributed by atoms with Crippen LogP contribution in [0.15, 0.2) is 0 Å². The van der Waals surface area contributed by atoms with Crippen LogP contribution in [-0.4, -0.2) is 59.2 Å². The van der Waals surface area contributed by atoms with Gasteiger partial charge in [0.2, 0.25) is 0 Å². The molecule has 126 valence electrons. The third kappa shape index (κ3) is 21.3. The zero-order valence-electron chi connectivity index (χ0n) is 13.2. The highest BCUT2D eigenvalue weighted by Gasteiger charge is 2.04. The summed E-state index contributed by atoms with van der Waals surface area (Å²) in [4.78, 5) is 18.2. The SMILES string of the molecule is CCCCCCOCC(O)CNC(C)C.O=C(O)C(=O)O. The third-order valence-electron chi connectivity index (χ3n) is 2.40. The normalized spacial score (nSPS) is 11.7. The maximum atomic E-state index is 9.51. The van der Waals surface area contributed by atoms with E-state index in [0.717, 1.165) is 13.0 Å². The van der Waals surface area contributed by atoms with Gasteiger partial charge in [0.25, 0.3) is 0 Å². The second-order valence-corrected chi connectivity index (χ2v) is 4.96. The molecule has 0 fully saturated rings. The van der Waals surface area contributed by atoms with Crippen molar-refractivity contribution in [1.82, 2.24) is 5.32 Å². The number of carboxylic acids is 2. The van der Waals surface area contributed by atoms with E-state index in [0.29, 0.717) is 19.2 Å². The van der Waals surface area contributed by atoms with Crippen molar-refractivity contribution in [3.63, 3.8) is 0 Å². The Morgan fingerprint density at radius 2 is 1.67 bits per heavy atom. The molecule has 21 heavy (non-hydrogen) atoms. The van der Waals surface area contributed by atoms with Gasteiger partial charge in [-0.15, -0.1) is 0 Å². The van der Waals surface area contributed by atoms with Crippen molar-refractivity contribution in [1.29, 1.82) is 0 Å². The van der Waals surface area contributed by atoms with Crippen LogP contribution in [0.25, 0.3) is 0 Å². The highest BCUT2D eigenvalue weighted by Crippen LogP contribution is 1.99. The highest BCUT2D eigenvalue weighted by molar-refractivity contribution is 6.27. The molecule has 0 bridgehead atoms. The van der Waals surface area contributed by atoms with Crippen molar-refractivity contribution in [3.8, 4) is 0 Å². The summed E-state index contributed by atoms with van der Waals surface area (Å²) in [5.41, 5.74) is 0. The summed E-state index contributed by atoms with van der Waals surface area (Å²) >= 11 is 0. The number of carbonyl (C=O) groups is 2. The Kier molecular flexibility index (Phi) is 16.0. The first-order valence-corrected chi connectivity index (χ1v) is 7.26. The van der Waals surface area contributed by atoms with Crippen LogP contribution in [0.5, 0.6) is 0 Å². The van der Waals surface area contributed by atoms with Crippen molar-refractivity contribution in [2.45, 2.75) is 58.6 Å². The minimum atomic E-state index is -1.82. The fourth-order valence-electron chi connectivity index (χ4n) is 1.28. The van der Waals surface area contributed by atoms with Gasteiger partial charge in [-0.05, 0) is 6.42 Å². The number of nitrogens with one attached hydrogen (secondary N) is 1. The Morgan fingerprint density at radius 1 is 1.10 bits per heavy atom. The summed E-state index contributed by atoms with van der Waals surface area (Å²) in [6, 6.07) is 0.421. The van der Waals surface area contributed by atoms with Crippen LogP contribution in [0.3, 0.4) is 0 Å². The first-order chi connectivity index (χ1) is 9.81. The largest absolute Gasteiger partial charge is 0.473 e. The van der Waals surface area contributed by atoms with Gasteiger partial charge < -0.3 is 25.4 Å². The van der Waals surface area contributed by atoms with Crippen LogP contribution in [0, 0.1) is 0 Å². The van der Waals surface area contributed by atoms with Gasteiger partial charge in [-0.2, -0.15) is 0 Å². The van der Waals surface area contributed by atoms with E-state index in [1.165, 1.54) is 19.3 Å². The van der Waals surface area contributed by atoms with E-state index < -0.39 is 11.9 Å². The summed E-state index contributed by atoms with van der Waals surface area (Å²) in [6.07, 6.45) is 4.50. The van der Waals surface area contributed by atoms with Gasteiger partial charge in [0, 0.05) is 19.2 Å². The lowest BCUT2D eigenvalue weighted by molar-refractivity contribution is -0.159. The molecule has 0 aromatic carbocycles. The molecule has 1 atom stereocenters. The van der Waals surface area contributed by atoms with Gasteiger partial charge >= 0.3 is 11.9 Å². The van der Waals surface area contributed by atoms with E-state index in [1.807, 2.05) is 0 Å². The Hall–Kier alpha value is -1.18. The molecular formula is C14H29NO6. The van der Waals surface area contributed by atoms with Crippen molar-refractivity contribution < 1.29 is 29.6 Å². The smallest absolute Gasteiger partial charge is 0.414 e. The van der Waals surface area contributed by atoms with Gasteiger partial charge in [-0.25, -0.2) is 9.59 Å². The molecule has 4 N–H and O–H groups in total. The molecule has 0 aliphatic heterocycles. The first-order valence-electron chi connectivity index (χ1n) is 7.26. The second kappa shape index (κ2) is 15.2. The number of aliphatic hydroxyl groups excluding tert-OH is 1. The standard InChI is InChI=1S/C12H27NO2.C2H2O4/c1-4-5-6-7-8-15-10-12(14)9-13-11(2)3;3-1(4)2(5)6/h11-14H,4-10H2,1-3H3;(H,3,4)(H,5,6). The highest BCUT2D eigenvalue weighted by atomic mass is 16.5. The summed E-state index contributed by atoms with van der Waals surface area (Å²) in [5, 5.41) is 27.5. The number of aliphatic hydroxyl groups is 1. The number of unbranched alkanes of at least 4 members (excludes halogenated alkanes) is 3. The Labute approximate surface area is 126 Å². The third-order valence-corrected chi connectivity index (χ3v) is 2.40. The van der Waals surface area contributed by atoms with E-state index in [-0.39, 0.29) is 6.10 Å². The first kappa shape index (κ1) is 22.1. The van der Waals surface area contributed by atoms with E-state index >= 15 is 0 Å². The van der Waals surface area contributed by atoms with Crippen molar-refractivity contribution in [2.75, 3.05) is 19.8 Å². The maximum Gasteiger partial charge on any atom is 0.414 e. The van der Waals surface area contributed by atoms with Gasteiger partial charge in [-0.3, -0.25) is 0 Å². The molecule has 0 rings (SSSR count). The fourth-order valence-corrected chi connectivity index (χ4v) is 1.28. The van der Waals surface area contributed by atoms with E-state index in [4.69, 9.17) is 24.5 Å². The molecule has 0 aromatic rings. The number of hydrogen-bond acceptors (Lipinski definition) is 5. The number of hydrogen-bond donors (Lipinski definition) is 4. The summed E-state index contributed by atoms with van der Waals surface area (Å²) in [6.45, 7) is 8.18. The molecule has 0 aliphatic rings. The number of carboxylic acid groups (broad SMARTS) is 2. The average molecular weight is 307 g/mol. The van der Waals surface area contributed by atoms with Crippen LogP contribution in [0.1, 0.15) is 46.5 Å². The van der Waals surface area contributed by atoms with Crippen LogP contribution in [-0.2, 0) is 14.3 Å². The molecule has 0 saturated heterocycles. The predicted octanol–water partition coefficient (Wildman–Crippen LogP) is 1.10. The Bertz CT molecular complexity index is 258. The second-order valence-electron chi connectivity index (χ2n) is 4.96. The number of rotatable bonds is 10. The lowest BCUT2D eigenvalue weighted by atomic mass is 10.2. The van der Waals surface area contributed by atoms with Crippen molar-refractivity contribution in [3.05, 3.63) is 0 Å². The monoisotopic (exact) mass is 307 g/mol. The van der Waals surface area contributed by atoms with Crippen molar-refractivity contribution in [2.24, 2.45) is 0 Å². The molecule has 0 heterocycles. The molecule has 0 aliphatic carbocycles. The minimum absolute atomic E-state index is 0.376. The lowest BCUT2D eigenvalue weighted by Crippen LogP contribution is -2.34. The molecule has 0 spiro atoms. The minimum Gasteiger partial charge on any atom is -0.473 e. The molecule has 0 amide bonds. The topological polar surface area (TPSA) is 116 Å². The molecular weight excluding hydrogens is 278 g/mol. The molecule has 0 saturated carbocycles. The number of aliphatic carboxylic acids is 2. The average Bonchev–Trinajstić information content (AvgIpc) is 2.41. The van der Waals surface area contributed by atoms with Crippen molar-refractivity contribution >= 4 is 11.9 Å². The fraction of sp³-hybridized carbons (Fsp3) is 0.857. The zero-order chi connectivity index (χ0) is 16.7. The Balaban J connectivity index is 0. The molecule has 1 unspecified atom stereocenters. The molecule has 0 aromatic heterocycles. The van der Waals surface area contributed by atoms with E-state index in [1.54, 1.807) is 0 Å². The molecule has 7 heteroatoms. The van der Waals surface area contributed by atoms with Crippen LogP contribution in [0.4, 0.5) is 0 Å². The van der Waals surface area contributed by atoms with Gasteiger partial charge in [0.1, 0.15) is 0 Å². The quantitative estimate of drug-likeness (QED) is 0.353. The summed E-state index contributed by atoms with van der Waals surface area (Å²) in [5.74, 6) is -3.65. The Morgan fingerprint density at radius 3 is 2.10 bits per heavy atom. The van der Waals surface area contributed by atoms with Crippen LogP contribution in [0.2, 0.25) is 0 Å². The van der Waals surface area contributed by atoms with Gasteiger partial charge in [-0.1, -0.05) is 40.0 Å². The van der Waals surface area contributed by atoms with Crippen LogP contribution >= 0.6 is 0 Å². The predicted molar refractivity (Wildman–Crippen MR) is 79.4 cm³/mol. The molecule has 7 nitrogen and oxygen atoms in total. The molecule has 0 radical (unpaired) electrons. The maximum absolute atomic E-state index is 9.51. The van der Waals surface area contributed by atoms with E-state index in [9.17, 15) is 5.11 Å². The summed E-state index contributed by atoms with van der Waals surface area (Å²) < 4.78 is 5.38. The van der Waals surface area contributed by atoms with Gasteiger partial charge in [0.15, 0.2) is 0 Å². The van der Waals surface area contributed by atoms with E-state index in [2.05, 4.69) is 26.1 Å². The summed E-state index contributed by atoms with van der Waals surface area (Å²) in [7, 11) is 0. The number of ether oxygens (including phenoxy) is 1.